The molecule has 3 heterocycles. The Morgan fingerprint density at radius 2 is 1.35 bits per heavy atom. The SMILES string of the molecule is C/N=C/c1cncc(COc2cc(OCc3cccc(-c4cccc(COc5cc(OCc6cncc(C#N)c6)c(CN6CCCC(C(=O)O)C6)cc5Cl)c4C)c3C)c(Cl)cc2CO)c1. The fourth-order valence-electron chi connectivity index (χ4n) is 7.86. The summed E-state index contributed by atoms with van der Waals surface area (Å²) < 4.78 is 25.2. The summed E-state index contributed by atoms with van der Waals surface area (Å²) in [5.74, 6) is 0.624. The average Bonchev–Trinajstić information content (AvgIpc) is 3.31. The lowest BCUT2D eigenvalue weighted by Crippen LogP contribution is -2.38. The van der Waals surface area contributed by atoms with E-state index in [1.807, 2.05) is 36.4 Å². The lowest BCUT2D eigenvalue weighted by molar-refractivity contribution is -0.143. The van der Waals surface area contributed by atoms with E-state index in [1.165, 1.54) is 6.20 Å². The molecule has 65 heavy (non-hydrogen) atoms. The predicted octanol–water partition coefficient (Wildman–Crippen LogP) is 10.1. The van der Waals surface area contributed by atoms with Crippen LogP contribution in [-0.4, -0.2) is 57.4 Å². The molecule has 1 atom stereocenters. The highest BCUT2D eigenvalue weighted by Gasteiger charge is 2.26. The molecule has 1 aliphatic rings. The Morgan fingerprint density at radius 3 is 1.94 bits per heavy atom. The summed E-state index contributed by atoms with van der Waals surface area (Å²) in [4.78, 5) is 26.4. The molecule has 1 aliphatic heterocycles. The summed E-state index contributed by atoms with van der Waals surface area (Å²) in [5, 5.41) is 29.9. The maximum atomic E-state index is 11.8. The molecule has 0 radical (unpaired) electrons. The van der Waals surface area contributed by atoms with Gasteiger partial charge in [0.2, 0.25) is 0 Å². The molecule has 4 aromatic carbocycles. The lowest BCUT2D eigenvalue weighted by atomic mass is 9.92. The van der Waals surface area contributed by atoms with Crippen LogP contribution in [0.25, 0.3) is 11.1 Å². The van der Waals surface area contributed by atoms with Crippen molar-refractivity contribution in [1.82, 2.24) is 14.9 Å². The van der Waals surface area contributed by atoms with Gasteiger partial charge in [0.25, 0.3) is 0 Å². The molecule has 6 aromatic rings. The quantitative estimate of drug-likeness (QED) is 0.0790. The first-order chi connectivity index (χ1) is 31.5. The second-order valence-electron chi connectivity index (χ2n) is 15.9. The molecule has 0 aliphatic carbocycles. The number of aliphatic carboxylic acids is 1. The van der Waals surface area contributed by atoms with Crippen molar-refractivity contribution in [1.29, 1.82) is 5.26 Å². The van der Waals surface area contributed by atoms with Gasteiger partial charge < -0.3 is 29.2 Å². The van der Waals surface area contributed by atoms with Gasteiger partial charge in [-0.2, -0.15) is 5.26 Å². The van der Waals surface area contributed by atoms with Crippen molar-refractivity contribution in [3.05, 3.63) is 163 Å². The fourth-order valence-corrected chi connectivity index (χ4v) is 8.34. The van der Waals surface area contributed by atoms with Crippen LogP contribution in [0.2, 0.25) is 10.0 Å². The zero-order valence-corrected chi connectivity index (χ0v) is 37.9. The molecule has 1 saturated heterocycles. The third-order valence-corrected chi connectivity index (χ3v) is 12.0. The van der Waals surface area contributed by atoms with Crippen LogP contribution in [0, 0.1) is 31.1 Å². The Hall–Kier alpha value is -6.49. The molecule has 0 bridgehead atoms. The maximum absolute atomic E-state index is 11.8. The number of ether oxygens (including phenoxy) is 4. The molecule has 2 N–H and O–H groups in total. The van der Waals surface area contributed by atoms with E-state index in [4.69, 9.17) is 42.1 Å². The number of aliphatic hydroxyl groups excluding tert-OH is 1. The van der Waals surface area contributed by atoms with E-state index in [-0.39, 0.29) is 33.0 Å². The summed E-state index contributed by atoms with van der Waals surface area (Å²) in [6.45, 7) is 6.34. The van der Waals surface area contributed by atoms with Crippen LogP contribution in [0.1, 0.15) is 68.5 Å². The number of benzene rings is 4. The number of aromatic nitrogens is 2. The van der Waals surface area contributed by atoms with Gasteiger partial charge in [-0.3, -0.25) is 24.7 Å². The average molecular weight is 915 g/mol. The molecule has 0 saturated carbocycles. The Morgan fingerprint density at radius 1 is 0.785 bits per heavy atom. The molecule has 1 fully saturated rings. The van der Waals surface area contributed by atoms with Gasteiger partial charge in [-0.25, -0.2) is 0 Å². The summed E-state index contributed by atoms with van der Waals surface area (Å²) in [6, 6.07) is 25.0. The van der Waals surface area contributed by atoms with Gasteiger partial charge in [0.1, 0.15) is 55.5 Å². The second-order valence-corrected chi connectivity index (χ2v) is 16.7. The van der Waals surface area contributed by atoms with Crippen LogP contribution in [-0.2, 0) is 44.4 Å². The normalized spacial score (nSPS) is 14.0. The number of aliphatic imine (C=N–C) groups is 1. The first-order valence-electron chi connectivity index (χ1n) is 21.1. The number of nitrogens with zero attached hydrogens (tertiary/aromatic N) is 5. The lowest BCUT2D eigenvalue weighted by Gasteiger charge is -2.31. The highest BCUT2D eigenvalue weighted by Crippen LogP contribution is 2.38. The number of carbonyl (C=O) groups is 1. The van der Waals surface area contributed by atoms with Gasteiger partial charge in [-0.1, -0.05) is 59.6 Å². The van der Waals surface area contributed by atoms with E-state index in [2.05, 4.69) is 51.9 Å². The van der Waals surface area contributed by atoms with Crippen molar-refractivity contribution in [3.63, 3.8) is 0 Å². The first-order valence-corrected chi connectivity index (χ1v) is 21.9. The Labute approximate surface area is 388 Å². The van der Waals surface area contributed by atoms with Gasteiger partial charge in [0, 0.05) is 91.1 Å². The maximum Gasteiger partial charge on any atom is 0.307 e. The van der Waals surface area contributed by atoms with Gasteiger partial charge in [-0.15, -0.1) is 0 Å². The molecule has 0 amide bonds. The number of rotatable bonds is 18. The Kier molecular flexibility index (Phi) is 15.7. The highest BCUT2D eigenvalue weighted by molar-refractivity contribution is 6.32. The minimum atomic E-state index is -0.794. The van der Waals surface area contributed by atoms with Crippen LogP contribution < -0.4 is 18.9 Å². The van der Waals surface area contributed by atoms with E-state index in [9.17, 15) is 20.3 Å². The van der Waals surface area contributed by atoms with Gasteiger partial charge >= 0.3 is 5.97 Å². The molecule has 7 rings (SSSR count). The summed E-state index contributed by atoms with van der Waals surface area (Å²) >= 11 is 13.6. The molecule has 334 valence electrons. The van der Waals surface area contributed by atoms with E-state index in [1.54, 1.807) is 56.1 Å². The van der Waals surface area contributed by atoms with Crippen molar-refractivity contribution >= 4 is 35.4 Å². The van der Waals surface area contributed by atoms with Gasteiger partial charge in [0.05, 0.1) is 28.1 Å². The van der Waals surface area contributed by atoms with Crippen LogP contribution in [0.5, 0.6) is 23.0 Å². The molecule has 1 unspecified atom stereocenters. The third-order valence-electron chi connectivity index (χ3n) is 11.4. The number of carboxylic acid groups (broad SMARTS) is 1. The zero-order chi connectivity index (χ0) is 45.9. The van der Waals surface area contributed by atoms with Crippen molar-refractivity contribution in [2.75, 3.05) is 20.1 Å². The largest absolute Gasteiger partial charge is 0.488 e. The second kappa shape index (κ2) is 21.9. The van der Waals surface area contributed by atoms with Crippen molar-refractivity contribution in [2.24, 2.45) is 10.9 Å². The van der Waals surface area contributed by atoms with Crippen LogP contribution in [0.3, 0.4) is 0 Å². The number of nitriles is 1. The molecular weight excluding hydrogens is 865 g/mol. The Bertz CT molecular complexity index is 2740. The topological polar surface area (TPSA) is 160 Å². The van der Waals surface area contributed by atoms with E-state index in [0.717, 1.165) is 68.6 Å². The summed E-state index contributed by atoms with van der Waals surface area (Å²) in [7, 11) is 1.70. The number of halogens is 2. The number of carboxylic acids is 1. The van der Waals surface area contributed by atoms with E-state index in [0.29, 0.717) is 63.7 Å². The summed E-state index contributed by atoms with van der Waals surface area (Å²) in [5.41, 5.74) is 10.3. The number of hydrogen-bond donors (Lipinski definition) is 2. The van der Waals surface area contributed by atoms with Crippen molar-refractivity contribution in [3.8, 4) is 40.2 Å². The number of pyridine rings is 2. The molecule has 14 heteroatoms. The predicted molar refractivity (Wildman–Crippen MR) is 250 cm³/mol. The zero-order valence-electron chi connectivity index (χ0n) is 36.4. The van der Waals surface area contributed by atoms with Gasteiger partial charge in [-0.05, 0) is 90.9 Å². The highest BCUT2D eigenvalue weighted by atomic mass is 35.5. The number of likely N-dealkylation sites (tertiary alicyclic amines) is 1. The molecular formula is C51H49Cl2N5O7. The minimum Gasteiger partial charge on any atom is -0.488 e. The number of aliphatic hydroxyl groups is 1. The van der Waals surface area contributed by atoms with Crippen LogP contribution in [0.4, 0.5) is 0 Å². The third kappa shape index (κ3) is 11.8. The summed E-state index contributed by atoms with van der Waals surface area (Å²) in [6.07, 6.45) is 9.73. The first kappa shape index (κ1) is 46.5. The minimum absolute atomic E-state index is 0.154. The van der Waals surface area contributed by atoms with Crippen molar-refractivity contribution in [2.45, 2.75) is 66.3 Å². The number of hydrogen-bond acceptors (Lipinski definition) is 11. The van der Waals surface area contributed by atoms with Crippen LogP contribution >= 0.6 is 23.2 Å². The smallest absolute Gasteiger partial charge is 0.307 e. The van der Waals surface area contributed by atoms with Gasteiger partial charge in [0.15, 0.2) is 0 Å². The molecule has 12 nitrogen and oxygen atoms in total. The van der Waals surface area contributed by atoms with Crippen molar-refractivity contribution < 1.29 is 34.0 Å². The van der Waals surface area contributed by atoms with E-state index < -0.39 is 11.9 Å². The number of piperidine rings is 1. The fraction of sp³-hybridized carbons (Fsp3) is 0.275. The van der Waals surface area contributed by atoms with Crippen LogP contribution in [0.15, 0.2) is 103 Å². The Balaban J connectivity index is 1.07. The molecule has 0 spiro atoms. The standard InChI is InChI=1S/C51H49Cl2N5O7/c1-32-39(30-64-49-17-47(62-28-36-13-34(19-54)21-56-23-36)41(15-45(49)52)26-58-12-6-9-38(25-58)51(60)61)7-4-10-43(32)44-11-5-8-40(33(44)2)31-65-50-18-48(42(27-59)16-46(50)53)63-29-37-14-35(20-55-3)22-57-24-37/h4-5,7-8,10-11,13-18,20-24,38,59H,6,9,12,25-31H2,1-3H3,(H,60,61)/b55-20+. The monoisotopic (exact) mass is 913 g/mol. The molecule has 2 aromatic heterocycles. The van der Waals surface area contributed by atoms with E-state index >= 15 is 0 Å².